The van der Waals surface area contributed by atoms with Gasteiger partial charge in [0, 0.05) is 5.56 Å². The summed E-state index contributed by atoms with van der Waals surface area (Å²) < 4.78 is 15.7. The first-order valence-electron chi connectivity index (χ1n) is 7.96. The van der Waals surface area contributed by atoms with E-state index >= 15 is 0 Å². The Hall–Kier alpha value is -2.86. The summed E-state index contributed by atoms with van der Waals surface area (Å²) in [5.41, 5.74) is 2.73. The van der Waals surface area contributed by atoms with E-state index in [2.05, 4.69) is 10.1 Å². The Morgan fingerprint density at radius 2 is 1.96 bits per heavy atom. The molecule has 0 atom stereocenters. The second kappa shape index (κ2) is 8.01. The van der Waals surface area contributed by atoms with Crippen molar-refractivity contribution in [3.8, 4) is 17.1 Å². The second-order valence-electron chi connectivity index (χ2n) is 5.64. The Morgan fingerprint density at radius 1 is 1.15 bits per heavy atom. The van der Waals surface area contributed by atoms with Crippen molar-refractivity contribution in [1.29, 1.82) is 0 Å². The maximum absolute atomic E-state index is 11.9. The molecule has 0 aliphatic carbocycles. The van der Waals surface area contributed by atoms with Crippen molar-refractivity contribution < 1.29 is 18.8 Å². The summed E-state index contributed by atoms with van der Waals surface area (Å²) in [5, 5.41) is 4.36. The van der Waals surface area contributed by atoms with Crippen LogP contribution in [0.3, 0.4) is 0 Å². The predicted molar refractivity (Wildman–Crippen MR) is 96.0 cm³/mol. The smallest absolute Gasteiger partial charge is 0.344 e. The second-order valence-corrected chi connectivity index (χ2v) is 6.05. The van der Waals surface area contributed by atoms with E-state index in [9.17, 15) is 4.79 Å². The molecule has 0 bridgehead atoms. The zero-order valence-electron chi connectivity index (χ0n) is 14.4. The van der Waals surface area contributed by atoms with Crippen LogP contribution >= 0.6 is 11.6 Å². The largest absolute Gasteiger partial charge is 0.482 e. The van der Waals surface area contributed by atoms with Crippen LogP contribution in [0.25, 0.3) is 11.4 Å². The highest BCUT2D eigenvalue weighted by molar-refractivity contribution is 6.33. The molecule has 26 heavy (non-hydrogen) atoms. The van der Waals surface area contributed by atoms with E-state index in [0.717, 1.165) is 11.1 Å². The van der Waals surface area contributed by atoms with Crippen LogP contribution in [0.4, 0.5) is 0 Å². The van der Waals surface area contributed by atoms with Gasteiger partial charge in [-0.05, 0) is 43.2 Å². The maximum atomic E-state index is 11.9. The number of ether oxygens (including phenoxy) is 2. The normalized spacial score (nSPS) is 10.6. The molecular formula is C19H17ClN2O4. The number of hydrogen-bond acceptors (Lipinski definition) is 6. The molecule has 3 aromatic rings. The number of hydrogen-bond donors (Lipinski definition) is 0. The number of benzene rings is 2. The van der Waals surface area contributed by atoms with Gasteiger partial charge < -0.3 is 14.0 Å². The lowest BCUT2D eigenvalue weighted by Gasteiger charge is -2.10. The molecule has 0 saturated carbocycles. The molecule has 3 rings (SSSR count). The van der Waals surface area contributed by atoms with Crippen LogP contribution in [0.5, 0.6) is 5.75 Å². The molecule has 0 saturated heterocycles. The third-order valence-electron chi connectivity index (χ3n) is 3.84. The molecule has 6 nitrogen and oxygen atoms in total. The summed E-state index contributed by atoms with van der Waals surface area (Å²) in [6, 6.07) is 12.8. The first kappa shape index (κ1) is 17.9. The van der Waals surface area contributed by atoms with Crippen molar-refractivity contribution >= 4 is 17.6 Å². The van der Waals surface area contributed by atoms with Crippen LogP contribution in [0.1, 0.15) is 17.0 Å². The van der Waals surface area contributed by atoms with E-state index in [4.69, 9.17) is 25.6 Å². The Balaban J connectivity index is 1.54. The van der Waals surface area contributed by atoms with Gasteiger partial charge in [-0.15, -0.1) is 0 Å². The summed E-state index contributed by atoms with van der Waals surface area (Å²) in [5.74, 6) is 0.650. The van der Waals surface area contributed by atoms with Crippen molar-refractivity contribution in [3.63, 3.8) is 0 Å². The van der Waals surface area contributed by atoms with Crippen LogP contribution in [-0.4, -0.2) is 22.7 Å². The lowest BCUT2D eigenvalue weighted by atomic mass is 10.1. The summed E-state index contributed by atoms with van der Waals surface area (Å²) in [7, 11) is 0. The number of rotatable bonds is 6. The molecule has 0 spiro atoms. The fourth-order valence-electron chi connectivity index (χ4n) is 2.27. The van der Waals surface area contributed by atoms with Gasteiger partial charge in [0.25, 0.3) is 5.89 Å². The molecule has 0 unspecified atom stereocenters. The summed E-state index contributed by atoms with van der Waals surface area (Å²) in [4.78, 5) is 16.0. The van der Waals surface area contributed by atoms with E-state index in [1.807, 2.05) is 44.2 Å². The lowest BCUT2D eigenvalue weighted by Crippen LogP contribution is -2.15. The molecule has 0 amide bonds. The number of halogens is 1. The van der Waals surface area contributed by atoms with Gasteiger partial charge >= 0.3 is 5.97 Å². The molecular weight excluding hydrogens is 356 g/mol. The Bertz CT molecular complexity index is 923. The minimum atomic E-state index is -0.525. The number of esters is 1. The Labute approximate surface area is 155 Å². The molecule has 0 fully saturated rings. The fourth-order valence-corrected chi connectivity index (χ4v) is 2.49. The highest BCUT2D eigenvalue weighted by atomic mass is 35.5. The molecule has 1 aromatic heterocycles. The van der Waals surface area contributed by atoms with Crippen LogP contribution in [0.15, 0.2) is 47.0 Å². The zero-order valence-corrected chi connectivity index (χ0v) is 15.1. The van der Waals surface area contributed by atoms with Crippen molar-refractivity contribution in [2.75, 3.05) is 6.61 Å². The molecule has 0 aliphatic heterocycles. The summed E-state index contributed by atoms with van der Waals surface area (Å²) in [6.07, 6.45) is 0. The van der Waals surface area contributed by atoms with Crippen molar-refractivity contribution in [3.05, 3.63) is 64.5 Å². The number of aromatic nitrogens is 2. The van der Waals surface area contributed by atoms with Gasteiger partial charge in [0.1, 0.15) is 5.75 Å². The van der Waals surface area contributed by atoms with E-state index in [-0.39, 0.29) is 19.1 Å². The molecule has 1 heterocycles. The third-order valence-corrected chi connectivity index (χ3v) is 4.17. The zero-order chi connectivity index (χ0) is 18.5. The van der Waals surface area contributed by atoms with Crippen LogP contribution in [0.2, 0.25) is 5.02 Å². The standard InChI is InChI=1S/C19H17ClN2O4/c1-12-6-5-9-16(13(12)2)24-11-18(23)25-10-17-21-19(22-26-17)14-7-3-4-8-15(14)20/h3-9H,10-11H2,1-2H3. The average Bonchev–Trinajstić information content (AvgIpc) is 3.10. The number of nitrogens with zero attached hydrogens (tertiary/aromatic N) is 2. The van der Waals surface area contributed by atoms with E-state index in [1.165, 1.54) is 0 Å². The van der Waals surface area contributed by atoms with Gasteiger partial charge in [0.2, 0.25) is 5.82 Å². The Morgan fingerprint density at radius 3 is 2.77 bits per heavy atom. The van der Waals surface area contributed by atoms with Crippen LogP contribution < -0.4 is 4.74 Å². The molecule has 134 valence electrons. The van der Waals surface area contributed by atoms with Gasteiger partial charge in [-0.1, -0.05) is 41.0 Å². The van der Waals surface area contributed by atoms with Crippen molar-refractivity contribution in [2.24, 2.45) is 0 Å². The number of aryl methyl sites for hydroxylation is 1. The van der Waals surface area contributed by atoms with E-state index in [1.54, 1.807) is 12.1 Å². The number of carbonyl (C=O) groups is 1. The molecule has 7 heteroatoms. The first-order chi connectivity index (χ1) is 12.5. The molecule has 0 aliphatic rings. The van der Waals surface area contributed by atoms with Crippen LogP contribution in [0, 0.1) is 13.8 Å². The quantitative estimate of drug-likeness (QED) is 0.606. The summed E-state index contributed by atoms with van der Waals surface area (Å²) >= 11 is 6.10. The summed E-state index contributed by atoms with van der Waals surface area (Å²) in [6.45, 7) is 3.58. The van der Waals surface area contributed by atoms with Gasteiger partial charge in [0.15, 0.2) is 13.2 Å². The highest BCUT2D eigenvalue weighted by Crippen LogP contribution is 2.25. The number of carbonyl (C=O) groups excluding carboxylic acids is 1. The van der Waals surface area contributed by atoms with Crippen molar-refractivity contribution in [1.82, 2.24) is 10.1 Å². The average molecular weight is 373 g/mol. The first-order valence-corrected chi connectivity index (χ1v) is 8.34. The van der Waals surface area contributed by atoms with Gasteiger partial charge in [0.05, 0.1) is 5.02 Å². The van der Waals surface area contributed by atoms with Gasteiger partial charge in [-0.2, -0.15) is 4.98 Å². The minimum absolute atomic E-state index is 0.132. The van der Waals surface area contributed by atoms with Gasteiger partial charge in [-0.25, -0.2) is 4.79 Å². The Kier molecular flexibility index (Phi) is 5.53. The van der Waals surface area contributed by atoms with Crippen molar-refractivity contribution in [2.45, 2.75) is 20.5 Å². The van der Waals surface area contributed by atoms with Gasteiger partial charge in [-0.3, -0.25) is 0 Å². The topological polar surface area (TPSA) is 74.5 Å². The SMILES string of the molecule is Cc1cccc(OCC(=O)OCc2nc(-c3ccccc3Cl)no2)c1C. The fraction of sp³-hybridized carbons (Fsp3) is 0.211. The maximum Gasteiger partial charge on any atom is 0.344 e. The van der Waals surface area contributed by atoms with Crippen LogP contribution in [-0.2, 0) is 16.1 Å². The molecule has 0 radical (unpaired) electrons. The minimum Gasteiger partial charge on any atom is -0.482 e. The monoisotopic (exact) mass is 372 g/mol. The van der Waals surface area contributed by atoms with E-state index < -0.39 is 5.97 Å². The lowest BCUT2D eigenvalue weighted by molar-refractivity contribution is -0.148. The molecule has 2 aromatic carbocycles. The highest BCUT2D eigenvalue weighted by Gasteiger charge is 2.14. The van der Waals surface area contributed by atoms with E-state index in [0.29, 0.717) is 22.2 Å². The third kappa shape index (κ3) is 4.21. The molecule has 0 N–H and O–H groups in total. The predicted octanol–water partition coefficient (Wildman–Crippen LogP) is 4.13.